The van der Waals surface area contributed by atoms with E-state index >= 15 is 0 Å². The normalized spacial score (nSPS) is 11.0. The monoisotopic (exact) mass is 359 g/mol. The molecule has 1 nitrogen and oxygen atoms in total. The van der Waals surface area contributed by atoms with E-state index in [0.717, 1.165) is 17.9 Å². The summed E-state index contributed by atoms with van der Waals surface area (Å²) in [5.74, 6) is 0.988. The molecule has 0 bridgehead atoms. The van der Waals surface area contributed by atoms with Gasteiger partial charge in [-0.05, 0) is 37.1 Å². The Morgan fingerprint density at radius 2 is 1.15 bits per heavy atom. The van der Waals surface area contributed by atoms with E-state index in [-0.39, 0.29) is 0 Å². The second-order valence-corrected chi connectivity index (χ2v) is 7.86. The van der Waals surface area contributed by atoms with Crippen LogP contribution in [-0.4, -0.2) is 6.61 Å². The van der Waals surface area contributed by atoms with Crippen LogP contribution in [0.1, 0.15) is 115 Å². The van der Waals surface area contributed by atoms with Gasteiger partial charge in [-0.3, -0.25) is 0 Å². The molecule has 0 amide bonds. The lowest BCUT2D eigenvalue weighted by atomic mass is 10.0. The van der Waals surface area contributed by atoms with E-state index in [9.17, 15) is 0 Å². The van der Waals surface area contributed by atoms with Crippen molar-refractivity contribution in [2.24, 2.45) is 0 Å². The van der Waals surface area contributed by atoms with Crippen LogP contribution in [0.15, 0.2) is 18.2 Å². The van der Waals surface area contributed by atoms with E-state index in [0.29, 0.717) is 0 Å². The predicted octanol–water partition coefficient (Wildman–Crippen LogP) is 8.44. The van der Waals surface area contributed by atoms with Crippen molar-refractivity contribution >= 4 is 0 Å². The van der Waals surface area contributed by atoms with Gasteiger partial charge in [-0.2, -0.15) is 0 Å². The van der Waals surface area contributed by atoms with Crippen LogP contribution in [0.4, 0.5) is 0 Å². The summed E-state index contributed by atoms with van der Waals surface area (Å²) in [6.45, 7) is 5.20. The number of aryl methyl sites for hydroxylation is 1. The Labute approximate surface area is 163 Å². The van der Waals surface area contributed by atoms with Crippen LogP contribution in [0.5, 0.6) is 5.75 Å². The van der Waals surface area contributed by atoms with E-state index in [2.05, 4.69) is 26.0 Å². The molecule has 0 saturated heterocycles. The van der Waals surface area contributed by atoms with E-state index < -0.39 is 0 Å². The maximum atomic E-state index is 5.79. The molecule has 0 spiro atoms. The maximum absolute atomic E-state index is 5.79. The minimum atomic E-state index is 0.849. The molecular formula is C25H43O. The molecule has 0 atom stereocenters. The van der Waals surface area contributed by atoms with Gasteiger partial charge in [0.05, 0.1) is 6.61 Å². The van der Waals surface area contributed by atoms with E-state index in [1.165, 1.54) is 103 Å². The molecule has 0 aliphatic heterocycles. The second-order valence-electron chi connectivity index (χ2n) is 7.86. The Hall–Kier alpha value is -0.980. The van der Waals surface area contributed by atoms with Gasteiger partial charge in [-0.15, -0.1) is 0 Å². The first-order chi connectivity index (χ1) is 12.8. The van der Waals surface area contributed by atoms with Crippen LogP contribution in [0.2, 0.25) is 0 Å². The number of ether oxygens (including phenoxy) is 1. The van der Waals surface area contributed by atoms with Crippen molar-refractivity contribution in [3.05, 3.63) is 29.8 Å². The van der Waals surface area contributed by atoms with Gasteiger partial charge in [0.1, 0.15) is 5.75 Å². The van der Waals surface area contributed by atoms with Gasteiger partial charge < -0.3 is 4.74 Å². The second kappa shape index (κ2) is 17.4. The number of benzene rings is 1. The summed E-state index contributed by atoms with van der Waals surface area (Å²) in [4.78, 5) is 0. The summed E-state index contributed by atoms with van der Waals surface area (Å²) >= 11 is 0. The van der Waals surface area contributed by atoms with E-state index in [1.54, 1.807) is 0 Å². The molecule has 0 aromatic heterocycles. The molecule has 26 heavy (non-hydrogen) atoms. The van der Waals surface area contributed by atoms with Gasteiger partial charge in [0.15, 0.2) is 0 Å². The molecule has 1 aromatic rings. The molecule has 1 radical (unpaired) electrons. The first-order valence-electron chi connectivity index (χ1n) is 11.4. The third-order valence-electron chi connectivity index (χ3n) is 5.18. The highest BCUT2D eigenvalue weighted by atomic mass is 16.5. The summed E-state index contributed by atoms with van der Waals surface area (Å²) in [5, 5.41) is 0. The fraction of sp³-hybridized carbons (Fsp3) is 0.760. The minimum absolute atomic E-state index is 0.849. The zero-order valence-electron chi connectivity index (χ0n) is 17.7. The summed E-state index contributed by atoms with van der Waals surface area (Å²) in [7, 11) is 0. The average Bonchev–Trinajstić information content (AvgIpc) is 2.64. The molecule has 1 heteroatoms. The largest absolute Gasteiger partial charge is 0.494 e. The Bertz CT molecular complexity index is 412. The Morgan fingerprint density at radius 1 is 0.692 bits per heavy atom. The smallest absolute Gasteiger partial charge is 0.119 e. The van der Waals surface area contributed by atoms with Crippen molar-refractivity contribution in [1.29, 1.82) is 0 Å². The first-order valence-corrected chi connectivity index (χ1v) is 11.4. The summed E-state index contributed by atoms with van der Waals surface area (Å²) < 4.78 is 5.79. The van der Waals surface area contributed by atoms with Gasteiger partial charge in [-0.25, -0.2) is 0 Å². The molecule has 1 rings (SSSR count). The first kappa shape index (κ1) is 23.1. The highest BCUT2D eigenvalue weighted by molar-refractivity contribution is 5.26. The van der Waals surface area contributed by atoms with Gasteiger partial charge in [0.2, 0.25) is 0 Å². The Balaban J connectivity index is 1.73. The number of hydrogen-bond acceptors (Lipinski definition) is 1. The molecule has 0 fully saturated rings. The van der Waals surface area contributed by atoms with Gasteiger partial charge in [0, 0.05) is 0 Å². The van der Waals surface area contributed by atoms with Crippen LogP contribution in [-0.2, 0) is 0 Å². The van der Waals surface area contributed by atoms with Crippen LogP contribution in [0, 0.1) is 13.0 Å². The van der Waals surface area contributed by atoms with Crippen molar-refractivity contribution in [2.75, 3.05) is 6.61 Å². The molecule has 0 saturated carbocycles. The maximum Gasteiger partial charge on any atom is 0.119 e. The lowest BCUT2D eigenvalue weighted by Gasteiger charge is -2.06. The molecule has 0 aliphatic carbocycles. The topological polar surface area (TPSA) is 9.23 Å². The molecular weight excluding hydrogens is 316 g/mol. The molecule has 0 N–H and O–H groups in total. The van der Waals surface area contributed by atoms with Crippen LogP contribution in [0.25, 0.3) is 0 Å². The van der Waals surface area contributed by atoms with Gasteiger partial charge >= 0.3 is 0 Å². The summed E-state index contributed by atoms with van der Waals surface area (Å²) in [5.41, 5.74) is 1.15. The molecule has 0 aliphatic rings. The average molecular weight is 360 g/mol. The zero-order valence-corrected chi connectivity index (χ0v) is 17.7. The van der Waals surface area contributed by atoms with Crippen LogP contribution in [0.3, 0.4) is 0 Å². The number of rotatable bonds is 18. The molecule has 1 aromatic carbocycles. The molecule has 0 unspecified atom stereocenters. The van der Waals surface area contributed by atoms with Crippen molar-refractivity contribution in [3.8, 4) is 5.75 Å². The van der Waals surface area contributed by atoms with Crippen molar-refractivity contribution in [3.63, 3.8) is 0 Å². The van der Waals surface area contributed by atoms with Crippen LogP contribution < -0.4 is 4.74 Å². The Morgan fingerprint density at radius 3 is 1.62 bits per heavy atom. The predicted molar refractivity (Wildman–Crippen MR) is 115 cm³/mol. The highest BCUT2D eigenvalue weighted by Crippen LogP contribution is 2.15. The van der Waals surface area contributed by atoms with E-state index in [1.807, 2.05) is 12.1 Å². The third-order valence-corrected chi connectivity index (χ3v) is 5.18. The van der Waals surface area contributed by atoms with Gasteiger partial charge in [-0.1, -0.05) is 109 Å². The Kier molecular flexibility index (Phi) is 15.5. The lowest BCUT2D eigenvalue weighted by molar-refractivity contribution is 0.304. The SMILES string of the molecule is CCCCCCCCCCCCCCCCCCOc1cc[c]c(C)c1. The summed E-state index contributed by atoms with van der Waals surface area (Å²) in [6.07, 6.45) is 22.6. The van der Waals surface area contributed by atoms with Crippen molar-refractivity contribution in [1.82, 2.24) is 0 Å². The number of unbranched alkanes of at least 4 members (excludes halogenated alkanes) is 15. The molecule has 0 heterocycles. The summed E-state index contributed by atoms with van der Waals surface area (Å²) in [6, 6.07) is 9.15. The van der Waals surface area contributed by atoms with E-state index in [4.69, 9.17) is 4.74 Å². The lowest BCUT2D eigenvalue weighted by Crippen LogP contribution is -1.97. The van der Waals surface area contributed by atoms with Crippen molar-refractivity contribution in [2.45, 2.75) is 117 Å². The highest BCUT2D eigenvalue weighted by Gasteiger charge is 1.96. The number of hydrogen-bond donors (Lipinski definition) is 0. The minimum Gasteiger partial charge on any atom is -0.494 e. The third kappa shape index (κ3) is 14.2. The fourth-order valence-corrected chi connectivity index (χ4v) is 3.49. The van der Waals surface area contributed by atoms with Gasteiger partial charge in [0.25, 0.3) is 0 Å². The zero-order chi connectivity index (χ0) is 18.7. The standard InChI is InChI=1S/C25H43O/c1-3-4-5-6-7-8-9-10-11-12-13-14-15-16-17-18-22-26-25-21-19-20-24(2)23-25/h19,21,23H,3-18,22H2,1-2H3. The van der Waals surface area contributed by atoms with Crippen molar-refractivity contribution < 1.29 is 4.74 Å². The fourth-order valence-electron chi connectivity index (χ4n) is 3.49. The molecule has 149 valence electrons. The quantitative estimate of drug-likeness (QED) is 0.239. The van der Waals surface area contributed by atoms with Crippen LogP contribution >= 0.6 is 0 Å².